The number of rotatable bonds is 8. The second kappa shape index (κ2) is 10.6. The van der Waals surface area contributed by atoms with Gasteiger partial charge in [-0.15, -0.1) is 0 Å². The van der Waals surface area contributed by atoms with Gasteiger partial charge >= 0.3 is 10.1 Å². The van der Waals surface area contributed by atoms with Gasteiger partial charge < -0.3 is 4.18 Å². The molecule has 4 aromatic carbocycles. The Morgan fingerprint density at radius 3 is 1.97 bits per heavy atom. The molecule has 0 aliphatic rings. The van der Waals surface area contributed by atoms with Gasteiger partial charge in [0.05, 0.1) is 16.8 Å². The largest absolute Gasteiger partial charge is 0.379 e. The molecule has 0 aliphatic carbocycles. The standard InChI is InChI=1S/C28H21N3O3S2/c32-36(33,25-14-8-3-9-15-25)34-24-18-16-21(17-19-24)20-29-31-28-30-26(22-10-4-1-5-11-22)27(35-28)23-12-6-2-7-13-23/h1-20H,(H,30,31)/b29-20-. The van der Waals surface area contributed by atoms with Gasteiger partial charge in [0.25, 0.3) is 0 Å². The van der Waals surface area contributed by atoms with E-state index in [1.165, 1.54) is 23.5 Å². The predicted octanol–water partition coefficient (Wildman–Crippen LogP) is 6.69. The van der Waals surface area contributed by atoms with Crippen molar-refractivity contribution in [2.45, 2.75) is 4.90 Å². The summed E-state index contributed by atoms with van der Waals surface area (Å²) in [6, 6.07) is 34.8. The first-order valence-electron chi connectivity index (χ1n) is 11.1. The molecule has 1 aromatic heterocycles. The molecule has 5 rings (SSSR count). The molecule has 0 unspecified atom stereocenters. The minimum atomic E-state index is -3.88. The Hall–Kier alpha value is -4.27. The number of hydrazone groups is 1. The van der Waals surface area contributed by atoms with Gasteiger partial charge in [0.1, 0.15) is 10.6 Å². The van der Waals surface area contributed by atoms with Gasteiger partial charge in [-0.2, -0.15) is 13.5 Å². The lowest BCUT2D eigenvalue weighted by Crippen LogP contribution is -2.09. The number of hydrogen-bond donors (Lipinski definition) is 1. The second-order valence-corrected chi connectivity index (χ2v) is 10.3. The maximum atomic E-state index is 12.4. The van der Waals surface area contributed by atoms with E-state index in [-0.39, 0.29) is 10.6 Å². The number of thiazole rings is 1. The summed E-state index contributed by atoms with van der Waals surface area (Å²) in [6.45, 7) is 0. The van der Waals surface area contributed by atoms with Crippen molar-refractivity contribution < 1.29 is 12.6 Å². The van der Waals surface area contributed by atoms with Crippen LogP contribution in [0.4, 0.5) is 5.13 Å². The van der Waals surface area contributed by atoms with Crippen LogP contribution in [0.15, 0.2) is 125 Å². The van der Waals surface area contributed by atoms with Crippen molar-refractivity contribution in [3.8, 4) is 27.4 Å². The third-order valence-electron chi connectivity index (χ3n) is 5.20. The first-order valence-corrected chi connectivity index (χ1v) is 13.3. The van der Waals surface area contributed by atoms with Crippen LogP contribution in [-0.4, -0.2) is 19.6 Å². The van der Waals surface area contributed by atoms with E-state index in [2.05, 4.69) is 22.7 Å². The van der Waals surface area contributed by atoms with Crippen LogP contribution >= 0.6 is 11.3 Å². The number of nitrogens with one attached hydrogen (secondary N) is 1. The average Bonchev–Trinajstić information content (AvgIpc) is 3.35. The number of nitrogens with zero attached hydrogens (tertiary/aromatic N) is 2. The first-order chi connectivity index (χ1) is 17.6. The molecule has 0 aliphatic heterocycles. The van der Waals surface area contributed by atoms with E-state index in [1.807, 2.05) is 48.5 Å². The van der Waals surface area contributed by atoms with Gasteiger partial charge in [0.15, 0.2) is 0 Å². The van der Waals surface area contributed by atoms with Crippen molar-refractivity contribution in [1.29, 1.82) is 0 Å². The van der Waals surface area contributed by atoms with Crippen LogP contribution in [-0.2, 0) is 10.1 Å². The van der Waals surface area contributed by atoms with Crippen LogP contribution in [0.25, 0.3) is 21.7 Å². The van der Waals surface area contributed by atoms with Gasteiger partial charge in [0.2, 0.25) is 5.13 Å². The van der Waals surface area contributed by atoms with Crippen LogP contribution in [0.3, 0.4) is 0 Å². The average molecular weight is 512 g/mol. The molecule has 0 fully saturated rings. The molecule has 0 spiro atoms. The summed E-state index contributed by atoms with van der Waals surface area (Å²) in [5.74, 6) is 0.226. The van der Waals surface area contributed by atoms with E-state index < -0.39 is 10.1 Å². The molecule has 0 bridgehead atoms. The molecule has 0 radical (unpaired) electrons. The molecule has 5 aromatic rings. The highest BCUT2D eigenvalue weighted by Gasteiger charge is 2.16. The fourth-order valence-electron chi connectivity index (χ4n) is 3.48. The Morgan fingerprint density at radius 2 is 1.33 bits per heavy atom. The molecule has 0 saturated carbocycles. The summed E-state index contributed by atoms with van der Waals surface area (Å²) in [5, 5.41) is 4.98. The van der Waals surface area contributed by atoms with E-state index in [9.17, 15) is 8.42 Å². The topological polar surface area (TPSA) is 80.7 Å². The predicted molar refractivity (Wildman–Crippen MR) is 145 cm³/mol. The molecule has 0 saturated heterocycles. The lowest BCUT2D eigenvalue weighted by Gasteiger charge is -2.06. The molecule has 1 N–H and O–H groups in total. The number of anilines is 1. The lowest BCUT2D eigenvalue weighted by atomic mass is 10.1. The molecule has 36 heavy (non-hydrogen) atoms. The number of hydrogen-bond acceptors (Lipinski definition) is 7. The smallest absolute Gasteiger partial charge is 0.339 e. The summed E-state index contributed by atoms with van der Waals surface area (Å²) in [4.78, 5) is 5.94. The van der Waals surface area contributed by atoms with Crippen LogP contribution in [0.1, 0.15) is 5.56 Å². The molecule has 6 nitrogen and oxygen atoms in total. The highest BCUT2D eigenvalue weighted by molar-refractivity contribution is 7.87. The third-order valence-corrected chi connectivity index (χ3v) is 7.47. The SMILES string of the molecule is O=S(=O)(Oc1ccc(/C=N\Nc2nc(-c3ccccc3)c(-c3ccccc3)s2)cc1)c1ccccc1. The maximum absolute atomic E-state index is 12.4. The monoisotopic (exact) mass is 511 g/mol. The highest BCUT2D eigenvalue weighted by atomic mass is 32.2. The fraction of sp³-hybridized carbons (Fsp3) is 0. The molecular weight excluding hydrogens is 490 g/mol. The molecular formula is C28H21N3O3S2. The van der Waals surface area contributed by atoms with E-state index in [1.54, 1.807) is 48.7 Å². The quantitative estimate of drug-likeness (QED) is 0.143. The Labute approximate surface area is 213 Å². The first kappa shape index (κ1) is 23.5. The van der Waals surface area contributed by atoms with Crippen molar-refractivity contribution in [2.75, 3.05) is 5.43 Å². The molecule has 178 valence electrons. The van der Waals surface area contributed by atoms with E-state index in [0.29, 0.717) is 5.13 Å². The minimum absolute atomic E-state index is 0.105. The van der Waals surface area contributed by atoms with Crippen LogP contribution < -0.4 is 9.61 Å². The van der Waals surface area contributed by atoms with Crippen molar-refractivity contribution in [3.63, 3.8) is 0 Å². The Bertz CT molecular complexity index is 1510. The van der Waals surface area contributed by atoms with Crippen molar-refractivity contribution in [2.24, 2.45) is 5.10 Å². The zero-order valence-corrected chi connectivity index (χ0v) is 20.6. The zero-order chi connectivity index (χ0) is 24.8. The third kappa shape index (κ3) is 5.51. The van der Waals surface area contributed by atoms with Gasteiger partial charge in [-0.3, -0.25) is 5.43 Å². The molecule has 1 heterocycles. The Morgan fingerprint density at radius 1 is 0.750 bits per heavy atom. The molecule has 8 heteroatoms. The zero-order valence-electron chi connectivity index (χ0n) is 19.0. The highest BCUT2D eigenvalue weighted by Crippen LogP contribution is 2.38. The van der Waals surface area contributed by atoms with E-state index in [4.69, 9.17) is 9.17 Å². The number of benzene rings is 4. The van der Waals surface area contributed by atoms with Crippen LogP contribution in [0.5, 0.6) is 5.75 Å². The van der Waals surface area contributed by atoms with Crippen molar-refractivity contribution in [3.05, 3.63) is 121 Å². The molecule has 0 atom stereocenters. The Kier molecular flexibility index (Phi) is 6.88. The Balaban J connectivity index is 1.30. The summed E-state index contributed by atoms with van der Waals surface area (Å²) < 4.78 is 30.0. The summed E-state index contributed by atoms with van der Waals surface area (Å²) >= 11 is 1.53. The van der Waals surface area contributed by atoms with Gasteiger partial charge in [0, 0.05) is 5.56 Å². The van der Waals surface area contributed by atoms with Crippen molar-refractivity contribution >= 4 is 32.8 Å². The lowest BCUT2D eigenvalue weighted by molar-refractivity contribution is 0.486. The minimum Gasteiger partial charge on any atom is -0.379 e. The van der Waals surface area contributed by atoms with E-state index >= 15 is 0 Å². The fourth-order valence-corrected chi connectivity index (χ4v) is 5.37. The van der Waals surface area contributed by atoms with Crippen molar-refractivity contribution in [1.82, 2.24) is 4.98 Å². The normalized spacial score (nSPS) is 11.4. The maximum Gasteiger partial charge on any atom is 0.339 e. The van der Waals surface area contributed by atoms with Gasteiger partial charge in [-0.25, -0.2) is 4.98 Å². The van der Waals surface area contributed by atoms with Gasteiger partial charge in [-0.05, 0) is 47.5 Å². The number of aromatic nitrogens is 1. The van der Waals surface area contributed by atoms with E-state index in [0.717, 1.165) is 27.3 Å². The second-order valence-electron chi connectivity index (χ2n) is 7.72. The summed E-state index contributed by atoms with van der Waals surface area (Å²) in [6.07, 6.45) is 1.64. The van der Waals surface area contributed by atoms with Gasteiger partial charge in [-0.1, -0.05) is 90.2 Å². The molecule has 0 amide bonds. The van der Waals surface area contributed by atoms with Crippen LogP contribution in [0.2, 0.25) is 0 Å². The summed E-state index contributed by atoms with van der Waals surface area (Å²) in [5.41, 5.74) is 6.81. The summed E-state index contributed by atoms with van der Waals surface area (Å²) in [7, 11) is -3.88. The van der Waals surface area contributed by atoms with Crippen LogP contribution in [0, 0.1) is 0 Å².